The average molecular weight is 268 g/mol. The van der Waals surface area contributed by atoms with Crippen LogP contribution in [0.3, 0.4) is 0 Å². The standard InChI is InChI=1S/C12H14ClN3O2/c13-10-4-2-9(3-5-10)12-11(8-18)14-15-16(12)6-1-7-17/h2-5,17-18H,1,6-8H2. The molecule has 2 aromatic rings. The van der Waals surface area contributed by atoms with Gasteiger partial charge in [-0.15, -0.1) is 5.10 Å². The van der Waals surface area contributed by atoms with Gasteiger partial charge in [0.25, 0.3) is 0 Å². The normalized spacial score (nSPS) is 10.8. The minimum atomic E-state index is -0.170. The van der Waals surface area contributed by atoms with Gasteiger partial charge in [-0.3, -0.25) is 0 Å². The van der Waals surface area contributed by atoms with Crippen LogP contribution in [-0.2, 0) is 13.2 Å². The molecule has 1 aromatic heterocycles. The SMILES string of the molecule is OCCCn1nnc(CO)c1-c1ccc(Cl)cc1. The number of aliphatic hydroxyl groups excluding tert-OH is 2. The third-order valence-electron chi connectivity index (χ3n) is 2.60. The Labute approximate surface area is 110 Å². The van der Waals surface area contributed by atoms with Gasteiger partial charge in [0.15, 0.2) is 0 Å². The van der Waals surface area contributed by atoms with Crippen molar-refractivity contribution in [1.82, 2.24) is 15.0 Å². The van der Waals surface area contributed by atoms with Crippen LogP contribution in [0.15, 0.2) is 24.3 Å². The van der Waals surface area contributed by atoms with Crippen LogP contribution in [0.5, 0.6) is 0 Å². The molecule has 0 aliphatic rings. The molecule has 0 spiro atoms. The number of nitrogens with zero attached hydrogens (tertiary/aromatic N) is 3. The fourth-order valence-corrected chi connectivity index (χ4v) is 1.88. The number of hydrogen-bond donors (Lipinski definition) is 2. The molecule has 0 atom stereocenters. The van der Waals surface area contributed by atoms with E-state index in [1.54, 1.807) is 16.8 Å². The zero-order valence-corrected chi connectivity index (χ0v) is 10.5. The van der Waals surface area contributed by atoms with E-state index in [1.165, 1.54) is 0 Å². The highest BCUT2D eigenvalue weighted by Gasteiger charge is 2.13. The first-order valence-electron chi connectivity index (χ1n) is 5.66. The van der Waals surface area contributed by atoms with Gasteiger partial charge >= 0.3 is 0 Å². The maximum atomic E-state index is 9.28. The average Bonchev–Trinajstić information content (AvgIpc) is 2.80. The highest BCUT2D eigenvalue weighted by Crippen LogP contribution is 2.24. The van der Waals surface area contributed by atoms with Crippen molar-refractivity contribution in [2.75, 3.05) is 6.61 Å². The summed E-state index contributed by atoms with van der Waals surface area (Å²) < 4.78 is 1.69. The Kier molecular flexibility index (Phi) is 4.30. The summed E-state index contributed by atoms with van der Waals surface area (Å²) in [6.45, 7) is 0.479. The van der Waals surface area contributed by atoms with E-state index >= 15 is 0 Å². The zero-order valence-electron chi connectivity index (χ0n) is 9.75. The number of benzene rings is 1. The number of aliphatic hydroxyl groups is 2. The third kappa shape index (κ3) is 2.69. The summed E-state index contributed by atoms with van der Waals surface area (Å²) in [6.07, 6.45) is 0.592. The molecule has 0 saturated carbocycles. The highest BCUT2D eigenvalue weighted by atomic mass is 35.5. The molecule has 6 heteroatoms. The number of halogens is 1. The summed E-state index contributed by atoms with van der Waals surface area (Å²) in [6, 6.07) is 7.27. The Morgan fingerprint density at radius 2 is 1.89 bits per heavy atom. The van der Waals surface area contributed by atoms with E-state index in [2.05, 4.69) is 10.3 Å². The molecular weight excluding hydrogens is 254 g/mol. The summed E-state index contributed by atoms with van der Waals surface area (Å²) in [7, 11) is 0. The largest absolute Gasteiger partial charge is 0.396 e. The van der Waals surface area contributed by atoms with Crippen LogP contribution < -0.4 is 0 Å². The number of aryl methyl sites for hydroxylation is 1. The topological polar surface area (TPSA) is 71.2 Å². The lowest BCUT2D eigenvalue weighted by molar-refractivity contribution is 0.276. The van der Waals surface area contributed by atoms with Crippen molar-refractivity contribution in [2.24, 2.45) is 0 Å². The molecule has 2 rings (SSSR count). The molecule has 0 unspecified atom stereocenters. The predicted octanol–water partition coefficient (Wildman–Crippen LogP) is 1.47. The van der Waals surface area contributed by atoms with Crippen LogP contribution >= 0.6 is 11.6 Å². The Morgan fingerprint density at radius 1 is 1.17 bits per heavy atom. The lowest BCUT2D eigenvalue weighted by atomic mass is 10.1. The molecule has 0 saturated heterocycles. The van der Waals surface area contributed by atoms with Gasteiger partial charge in [-0.25, -0.2) is 4.68 Å². The number of hydrogen-bond acceptors (Lipinski definition) is 4. The summed E-state index contributed by atoms with van der Waals surface area (Å²) in [5.74, 6) is 0. The molecule has 0 aliphatic heterocycles. The Hall–Kier alpha value is -1.43. The number of rotatable bonds is 5. The maximum Gasteiger partial charge on any atom is 0.116 e. The first-order chi connectivity index (χ1) is 8.76. The Balaban J connectivity index is 2.39. The minimum absolute atomic E-state index is 0.0916. The third-order valence-corrected chi connectivity index (χ3v) is 2.85. The minimum Gasteiger partial charge on any atom is -0.396 e. The van der Waals surface area contributed by atoms with Crippen molar-refractivity contribution in [1.29, 1.82) is 0 Å². The quantitative estimate of drug-likeness (QED) is 0.861. The second-order valence-corrected chi connectivity index (χ2v) is 4.29. The van der Waals surface area contributed by atoms with Gasteiger partial charge in [-0.1, -0.05) is 28.9 Å². The van der Waals surface area contributed by atoms with Gasteiger partial charge in [0.05, 0.1) is 12.3 Å². The fourth-order valence-electron chi connectivity index (χ4n) is 1.76. The smallest absolute Gasteiger partial charge is 0.116 e. The van der Waals surface area contributed by atoms with Crippen LogP contribution in [0.4, 0.5) is 0 Å². The molecule has 18 heavy (non-hydrogen) atoms. The van der Waals surface area contributed by atoms with E-state index in [1.807, 2.05) is 12.1 Å². The maximum absolute atomic E-state index is 9.28. The first-order valence-corrected chi connectivity index (χ1v) is 6.04. The van der Waals surface area contributed by atoms with E-state index in [0.29, 0.717) is 23.7 Å². The van der Waals surface area contributed by atoms with Crippen molar-refractivity contribution < 1.29 is 10.2 Å². The van der Waals surface area contributed by atoms with Crippen molar-refractivity contribution in [3.63, 3.8) is 0 Å². The van der Waals surface area contributed by atoms with Crippen molar-refractivity contribution in [2.45, 2.75) is 19.6 Å². The van der Waals surface area contributed by atoms with E-state index in [9.17, 15) is 5.11 Å². The monoisotopic (exact) mass is 267 g/mol. The van der Waals surface area contributed by atoms with Crippen LogP contribution in [-0.4, -0.2) is 31.8 Å². The van der Waals surface area contributed by atoms with Crippen molar-refractivity contribution in [3.05, 3.63) is 35.0 Å². The van der Waals surface area contributed by atoms with Gasteiger partial charge in [-0.2, -0.15) is 0 Å². The van der Waals surface area contributed by atoms with Crippen LogP contribution in [0.1, 0.15) is 12.1 Å². The molecule has 1 heterocycles. The fraction of sp³-hybridized carbons (Fsp3) is 0.333. The zero-order chi connectivity index (χ0) is 13.0. The molecule has 0 radical (unpaired) electrons. The van der Waals surface area contributed by atoms with Gasteiger partial charge in [0.1, 0.15) is 5.69 Å². The summed E-state index contributed by atoms with van der Waals surface area (Å²) in [5.41, 5.74) is 2.18. The second kappa shape index (κ2) is 5.95. The molecule has 0 aliphatic carbocycles. The summed E-state index contributed by atoms with van der Waals surface area (Å²) in [4.78, 5) is 0. The highest BCUT2D eigenvalue weighted by molar-refractivity contribution is 6.30. The molecule has 1 aromatic carbocycles. The van der Waals surface area contributed by atoms with Crippen molar-refractivity contribution in [3.8, 4) is 11.3 Å². The van der Waals surface area contributed by atoms with Gasteiger partial charge < -0.3 is 10.2 Å². The van der Waals surface area contributed by atoms with Crippen LogP contribution in [0, 0.1) is 0 Å². The van der Waals surface area contributed by atoms with Gasteiger partial charge in [0, 0.05) is 23.7 Å². The molecule has 5 nitrogen and oxygen atoms in total. The molecule has 0 fully saturated rings. The Bertz CT molecular complexity index is 511. The molecular formula is C12H14ClN3O2. The van der Waals surface area contributed by atoms with E-state index in [0.717, 1.165) is 11.3 Å². The van der Waals surface area contributed by atoms with Crippen LogP contribution in [0.2, 0.25) is 5.02 Å². The number of aromatic nitrogens is 3. The second-order valence-electron chi connectivity index (χ2n) is 3.85. The lowest BCUT2D eigenvalue weighted by Crippen LogP contribution is -2.04. The summed E-state index contributed by atoms with van der Waals surface area (Å²) in [5, 5.41) is 26.7. The van der Waals surface area contributed by atoms with E-state index < -0.39 is 0 Å². The van der Waals surface area contributed by atoms with E-state index in [-0.39, 0.29) is 13.2 Å². The van der Waals surface area contributed by atoms with Crippen molar-refractivity contribution >= 4 is 11.6 Å². The van der Waals surface area contributed by atoms with E-state index in [4.69, 9.17) is 16.7 Å². The molecule has 0 bridgehead atoms. The lowest BCUT2D eigenvalue weighted by Gasteiger charge is -2.07. The van der Waals surface area contributed by atoms with Gasteiger partial charge in [0.2, 0.25) is 0 Å². The predicted molar refractivity (Wildman–Crippen MR) is 68.1 cm³/mol. The van der Waals surface area contributed by atoms with Crippen LogP contribution in [0.25, 0.3) is 11.3 Å². The molecule has 2 N–H and O–H groups in total. The Morgan fingerprint density at radius 3 is 2.50 bits per heavy atom. The molecule has 0 amide bonds. The van der Waals surface area contributed by atoms with Gasteiger partial charge in [-0.05, 0) is 18.6 Å². The molecule has 96 valence electrons. The summed E-state index contributed by atoms with van der Waals surface area (Å²) >= 11 is 5.85. The first kappa shape index (κ1) is 13.0.